The van der Waals surface area contributed by atoms with Crippen LogP contribution in [0.5, 0.6) is 0 Å². The molecule has 0 heterocycles. The van der Waals surface area contributed by atoms with E-state index < -0.39 is 26.4 Å². The fourth-order valence-electron chi connectivity index (χ4n) is 3.41. The van der Waals surface area contributed by atoms with Gasteiger partial charge in [0.1, 0.15) is 0 Å². The van der Waals surface area contributed by atoms with Crippen molar-refractivity contribution in [3.05, 3.63) is 65.7 Å². The third-order valence-electron chi connectivity index (χ3n) is 4.81. The van der Waals surface area contributed by atoms with Gasteiger partial charge in [0.25, 0.3) is 0 Å². The highest BCUT2D eigenvalue weighted by atomic mass is 32.2. The molecule has 0 aliphatic heterocycles. The van der Waals surface area contributed by atoms with E-state index in [2.05, 4.69) is 0 Å². The van der Waals surface area contributed by atoms with E-state index in [9.17, 15) is 18.6 Å². The topological polar surface area (TPSA) is 74.6 Å². The van der Waals surface area contributed by atoms with Crippen molar-refractivity contribution >= 4 is 9.84 Å². The summed E-state index contributed by atoms with van der Waals surface area (Å²) in [6.45, 7) is 1.23. The summed E-state index contributed by atoms with van der Waals surface area (Å²) in [5, 5.41) is 18.8. The number of benzene rings is 2. The Labute approximate surface area is 136 Å². The van der Waals surface area contributed by atoms with Gasteiger partial charge in [0.05, 0.1) is 23.4 Å². The zero-order chi connectivity index (χ0) is 16.7. The first-order chi connectivity index (χ1) is 11.0. The van der Waals surface area contributed by atoms with Gasteiger partial charge < -0.3 is 10.2 Å². The number of aliphatic hydroxyl groups excluding tert-OH is 2. The lowest BCUT2D eigenvalue weighted by Crippen LogP contribution is -2.22. The van der Waals surface area contributed by atoms with Crippen LogP contribution in [0.4, 0.5) is 0 Å². The Morgan fingerprint density at radius 2 is 1.52 bits per heavy atom. The van der Waals surface area contributed by atoms with Crippen LogP contribution in [0.25, 0.3) is 0 Å². The molecule has 5 heteroatoms. The van der Waals surface area contributed by atoms with Crippen LogP contribution in [0.2, 0.25) is 0 Å². The van der Waals surface area contributed by atoms with E-state index in [0.29, 0.717) is 0 Å². The van der Waals surface area contributed by atoms with Crippen molar-refractivity contribution in [3.63, 3.8) is 0 Å². The molecule has 2 N–H and O–H groups in total. The summed E-state index contributed by atoms with van der Waals surface area (Å²) in [5.74, 6) is -0.400. The molecule has 0 saturated heterocycles. The van der Waals surface area contributed by atoms with E-state index >= 15 is 0 Å². The minimum Gasteiger partial charge on any atom is -0.396 e. The third-order valence-corrected chi connectivity index (χ3v) is 7.15. The molecule has 122 valence electrons. The largest absolute Gasteiger partial charge is 0.396 e. The predicted molar refractivity (Wildman–Crippen MR) is 87.9 cm³/mol. The van der Waals surface area contributed by atoms with Gasteiger partial charge in [-0.15, -0.1) is 0 Å². The van der Waals surface area contributed by atoms with E-state index in [1.165, 1.54) is 0 Å². The fourth-order valence-corrected chi connectivity index (χ4v) is 5.86. The lowest BCUT2D eigenvalue weighted by molar-refractivity contribution is 0.130. The van der Waals surface area contributed by atoms with Crippen LogP contribution in [-0.4, -0.2) is 37.1 Å². The summed E-state index contributed by atoms with van der Waals surface area (Å²) in [6.07, 6.45) is 0. The average Bonchev–Trinajstić information content (AvgIpc) is 3.27. The Bertz CT molecular complexity index is 778. The standard InChI is InChI=1S/C18H20O4S/c1-13-7-9-14(10-8-13)16-17(18(16,11-19)12-20)23(21,22)15-5-3-2-4-6-15/h2-10,16-17,19-20H,11-12H2,1H3. The minimum absolute atomic E-state index is 0.228. The second kappa shape index (κ2) is 5.74. The molecule has 2 unspecified atom stereocenters. The lowest BCUT2D eigenvalue weighted by atomic mass is 10.00. The van der Waals surface area contributed by atoms with Crippen LogP contribution in [0, 0.1) is 12.3 Å². The van der Waals surface area contributed by atoms with Gasteiger partial charge in [0.2, 0.25) is 0 Å². The molecule has 3 rings (SSSR count). The smallest absolute Gasteiger partial charge is 0.182 e. The van der Waals surface area contributed by atoms with Gasteiger partial charge in [0, 0.05) is 11.3 Å². The van der Waals surface area contributed by atoms with Gasteiger partial charge in [-0.05, 0) is 24.6 Å². The van der Waals surface area contributed by atoms with Crippen molar-refractivity contribution in [2.24, 2.45) is 5.41 Å². The molecular weight excluding hydrogens is 312 g/mol. The number of hydrogen-bond acceptors (Lipinski definition) is 4. The fraction of sp³-hybridized carbons (Fsp3) is 0.333. The Hall–Kier alpha value is -1.69. The minimum atomic E-state index is -3.63. The molecule has 4 nitrogen and oxygen atoms in total. The Morgan fingerprint density at radius 3 is 2.04 bits per heavy atom. The molecule has 0 aromatic heterocycles. The van der Waals surface area contributed by atoms with E-state index in [4.69, 9.17) is 0 Å². The molecule has 1 aliphatic carbocycles. The second-order valence-corrected chi connectivity index (χ2v) is 8.29. The first-order valence-electron chi connectivity index (χ1n) is 7.54. The SMILES string of the molecule is Cc1ccc(C2C(S(=O)(=O)c3ccccc3)C2(CO)CO)cc1. The normalized spacial score (nSPS) is 22.7. The second-order valence-electron chi connectivity index (χ2n) is 6.22. The third kappa shape index (κ3) is 2.49. The van der Waals surface area contributed by atoms with Crippen molar-refractivity contribution < 1.29 is 18.6 Å². The maximum Gasteiger partial charge on any atom is 0.182 e. The van der Waals surface area contributed by atoms with Crippen LogP contribution in [0.1, 0.15) is 17.0 Å². The van der Waals surface area contributed by atoms with Crippen molar-refractivity contribution in [2.45, 2.75) is 23.0 Å². The van der Waals surface area contributed by atoms with Crippen molar-refractivity contribution in [2.75, 3.05) is 13.2 Å². The summed E-state index contributed by atoms with van der Waals surface area (Å²) in [4.78, 5) is 0.228. The lowest BCUT2D eigenvalue weighted by Gasteiger charge is -2.11. The maximum atomic E-state index is 13.0. The maximum absolute atomic E-state index is 13.0. The van der Waals surface area contributed by atoms with Gasteiger partial charge >= 0.3 is 0 Å². The highest BCUT2D eigenvalue weighted by molar-refractivity contribution is 7.92. The highest BCUT2D eigenvalue weighted by Gasteiger charge is 2.70. The van der Waals surface area contributed by atoms with Crippen LogP contribution in [-0.2, 0) is 9.84 Å². The number of aryl methyl sites for hydroxylation is 1. The van der Waals surface area contributed by atoms with Gasteiger partial charge in [-0.2, -0.15) is 0 Å². The molecule has 0 bridgehead atoms. The van der Waals surface area contributed by atoms with Crippen molar-refractivity contribution in [1.29, 1.82) is 0 Å². The van der Waals surface area contributed by atoms with Gasteiger partial charge in [-0.25, -0.2) is 8.42 Å². The van der Waals surface area contributed by atoms with Gasteiger partial charge in [-0.3, -0.25) is 0 Å². The quantitative estimate of drug-likeness (QED) is 0.877. The zero-order valence-electron chi connectivity index (χ0n) is 12.9. The predicted octanol–water partition coefficient (Wildman–Crippen LogP) is 1.91. The first-order valence-corrected chi connectivity index (χ1v) is 9.09. The number of rotatable bonds is 5. The van der Waals surface area contributed by atoms with Crippen LogP contribution < -0.4 is 0 Å². The molecule has 1 fully saturated rings. The molecular formula is C18H20O4S. The Kier molecular flexibility index (Phi) is 4.04. The molecule has 0 amide bonds. The molecule has 2 aromatic rings. The molecule has 1 saturated carbocycles. The zero-order valence-corrected chi connectivity index (χ0v) is 13.7. The molecule has 1 aliphatic rings. The number of sulfone groups is 1. The number of hydrogen-bond donors (Lipinski definition) is 2. The average molecular weight is 332 g/mol. The first kappa shape index (κ1) is 16.2. The monoisotopic (exact) mass is 332 g/mol. The van der Waals surface area contributed by atoms with Crippen LogP contribution in [0.3, 0.4) is 0 Å². The highest BCUT2D eigenvalue weighted by Crippen LogP contribution is 2.63. The Morgan fingerprint density at radius 1 is 0.957 bits per heavy atom. The summed E-state index contributed by atoms with van der Waals surface area (Å²) in [6, 6.07) is 15.8. The summed E-state index contributed by atoms with van der Waals surface area (Å²) in [7, 11) is -3.63. The van der Waals surface area contributed by atoms with E-state index in [1.807, 2.05) is 31.2 Å². The van der Waals surface area contributed by atoms with Gasteiger partial charge in [0.15, 0.2) is 9.84 Å². The van der Waals surface area contributed by atoms with E-state index in [-0.39, 0.29) is 18.1 Å². The van der Waals surface area contributed by atoms with Gasteiger partial charge in [-0.1, -0.05) is 48.0 Å². The van der Waals surface area contributed by atoms with E-state index in [0.717, 1.165) is 11.1 Å². The molecule has 0 spiro atoms. The summed E-state index contributed by atoms with van der Waals surface area (Å²) >= 11 is 0. The van der Waals surface area contributed by atoms with Crippen LogP contribution in [0.15, 0.2) is 59.5 Å². The molecule has 23 heavy (non-hydrogen) atoms. The number of aliphatic hydroxyl groups is 2. The molecule has 2 atom stereocenters. The van der Waals surface area contributed by atoms with Crippen molar-refractivity contribution in [1.82, 2.24) is 0 Å². The van der Waals surface area contributed by atoms with E-state index in [1.54, 1.807) is 30.3 Å². The Balaban J connectivity index is 2.05. The molecule has 0 radical (unpaired) electrons. The van der Waals surface area contributed by atoms with Crippen LogP contribution >= 0.6 is 0 Å². The van der Waals surface area contributed by atoms with Crippen molar-refractivity contribution in [3.8, 4) is 0 Å². The summed E-state index contributed by atoms with van der Waals surface area (Å²) < 4.78 is 25.9. The summed E-state index contributed by atoms with van der Waals surface area (Å²) in [5.41, 5.74) is 0.892. The molecule has 2 aromatic carbocycles.